The van der Waals surface area contributed by atoms with E-state index in [0.717, 1.165) is 11.0 Å². The lowest BCUT2D eigenvalue weighted by atomic mass is 10.0. The first-order valence-electron chi connectivity index (χ1n) is 11.2. The van der Waals surface area contributed by atoms with Crippen LogP contribution < -0.4 is 4.74 Å². The average molecular weight is 509 g/mol. The molecule has 34 heavy (non-hydrogen) atoms. The number of hydrogen-bond donors (Lipinski definition) is 1. The first-order chi connectivity index (χ1) is 16.1. The van der Waals surface area contributed by atoms with Crippen LogP contribution >= 0.6 is 0 Å². The Labute approximate surface area is 205 Å². The van der Waals surface area contributed by atoms with Crippen molar-refractivity contribution in [3.8, 4) is 5.75 Å². The zero-order chi connectivity index (χ0) is 26.4. The van der Waals surface area contributed by atoms with Gasteiger partial charge in [0.05, 0.1) is 11.5 Å². The molecule has 8 heteroatoms. The van der Waals surface area contributed by atoms with E-state index in [0.29, 0.717) is 11.1 Å². The summed E-state index contributed by atoms with van der Waals surface area (Å²) in [6.07, 6.45) is 6.37. The van der Waals surface area contributed by atoms with Crippen molar-refractivity contribution in [2.24, 2.45) is 0 Å². The highest BCUT2D eigenvalue weighted by atomic mass is 32.2. The Morgan fingerprint density at radius 3 is 2.06 bits per heavy atom. The first kappa shape index (κ1) is 31.3. The highest BCUT2D eigenvalue weighted by Gasteiger charge is 2.18. The number of ether oxygens (including phenoxy) is 1. The predicted molar refractivity (Wildman–Crippen MR) is 140 cm³/mol. The minimum absolute atomic E-state index is 0.0427. The molecule has 2 aromatic rings. The zero-order valence-electron chi connectivity index (χ0n) is 20.9. The van der Waals surface area contributed by atoms with E-state index in [1.807, 2.05) is 34.6 Å². The smallest absolute Gasteiger partial charge is 0.298 e. The Morgan fingerprint density at radius 1 is 0.971 bits per heavy atom. The van der Waals surface area contributed by atoms with Gasteiger partial charge in [0.1, 0.15) is 10.6 Å². The maximum Gasteiger partial charge on any atom is 0.298 e. The van der Waals surface area contributed by atoms with Crippen LogP contribution in [0.5, 0.6) is 5.75 Å². The van der Waals surface area contributed by atoms with Crippen LogP contribution in [0.25, 0.3) is 5.57 Å². The zero-order valence-corrected chi connectivity index (χ0v) is 22.6. The summed E-state index contributed by atoms with van der Waals surface area (Å²) < 4.78 is 63.2. The summed E-state index contributed by atoms with van der Waals surface area (Å²) in [4.78, 5) is -0.173. The van der Waals surface area contributed by atoms with Crippen molar-refractivity contribution < 1.29 is 26.1 Å². The molecule has 0 saturated carbocycles. The van der Waals surface area contributed by atoms with Gasteiger partial charge in [0.2, 0.25) is 0 Å². The molecule has 0 fully saturated rings. The van der Waals surface area contributed by atoms with E-state index in [4.69, 9.17) is 4.74 Å². The average Bonchev–Trinajstić information content (AvgIpc) is 2.81. The molecule has 0 heterocycles. The molecule has 2 aromatic carbocycles. The van der Waals surface area contributed by atoms with Crippen molar-refractivity contribution in [1.29, 1.82) is 0 Å². The van der Waals surface area contributed by atoms with Crippen molar-refractivity contribution in [3.05, 3.63) is 83.3 Å². The highest BCUT2D eigenvalue weighted by molar-refractivity contribution is 7.94. The van der Waals surface area contributed by atoms with Crippen LogP contribution in [0.1, 0.15) is 52.7 Å². The van der Waals surface area contributed by atoms with Crippen molar-refractivity contribution in [2.45, 2.75) is 58.3 Å². The summed E-state index contributed by atoms with van der Waals surface area (Å²) in [6.45, 7) is 13.6. The van der Waals surface area contributed by atoms with Gasteiger partial charge in [-0.25, -0.2) is 8.42 Å². The normalized spacial score (nSPS) is 12.1. The third-order valence-electron chi connectivity index (χ3n) is 4.08. The van der Waals surface area contributed by atoms with Crippen LogP contribution in [-0.2, 0) is 20.0 Å². The summed E-state index contributed by atoms with van der Waals surface area (Å²) in [5.41, 5.74) is 1.99. The Morgan fingerprint density at radius 2 is 1.56 bits per heavy atom. The van der Waals surface area contributed by atoms with Crippen molar-refractivity contribution in [3.63, 3.8) is 0 Å². The summed E-state index contributed by atoms with van der Waals surface area (Å²) in [5, 5.41) is 1.08. The molecule has 0 aliphatic heterocycles. The van der Waals surface area contributed by atoms with Gasteiger partial charge in [0.25, 0.3) is 10.1 Å². The SMILES string of the molecule is CC.CC.C\C=C/C(=C\C=C\S(=O)(=O)c1ccc(C)cc1)c1ccc(OCC)c(S(=O)(=O)O)c1. The summed E-state index contributed by atoms with van der Waals surface area (Å²) in [7, 11) is -8.12. The standard InChI is InChI=1S/C22H24O6S2.2C2H6/c1-4-7-18(8-6-15-29(23,24)20-12-9-17(3)10-13-20)19-11-14-21(28-5-2)22(16-19)30(25,26)27;2*1-2/h4,6-16H,5H2,1-3H3,(H,25,26,27);2*1-2H3/b7-4-,15-6+,18-8+;;. The highest BCUT2D eigenvalue weighted by Crippen LogP contribution is 2.29. The molecule has 0 amide bonds. The summed E-state index contributed by atoms with van der Waals surface area (Å²) in [6, 6.07) is 10.9. The van der Waals surface area contributed by atoms with Gasteiger partial charge < -0.3 is 4.74 Å². The molecule has 0 spiro atoms. The molecule has 0 atom stereocenters. The minimum Gasteiger partial charge on any atom is -0.492 e. The number of sulfone groups is 1. The molecule has 2 rings (SSSR count). The van der Waals surface area contributed by atoms with Crippen LogP contribution in [0.2, 0.25) is 0 Å². The van der Waals surface area contributed by atoms with Crippen LogP contribution in [0.3, 0.4) is 0 Å². The monoisotopic (exact) mass is 508 g/mol. The maximum absolute atomic E-state index is 12.5. The molecule has 188 valence electrons. The van der Waals surface area contributed by atoms with Crippen LogP contribution in [0.4, 0.5) is 0 Å². The number of benzene rings is 2. The van der Waals surface area contributed by atoms with Crippen LogP contribution in [-0.4, -0.2) is 28.0 Å². The van der Waals surface area contributed by atoms with Gasteiger partial charge in [-0.3, -0.25) is 4.55 Å². The van der Waals surface area contributed by atoms with E-state index in [-0.39, 0.29) is 22.1 Å². The summed E-state index contributed by atoms with van der Waals surface area (Å²) in [5.74, 6) is 0.0427. The van der Waals surface area contributed by atoms with Crippen molar-refractivity contribution in [1.82, 2.24) is 0 Å². The predicted octanol–water partition coefficient (Wildman–Crippen LogP) is 6.64. The van der Waals surface area contributed by atoms with Gasteiger partial charge in [-0.1, -0.05) is 69.7 Å². The van der Waals surface area contributed by atoms with Gasteiger partial charge >= 0.3 is 0 Å². The Bertz CT molecular complexity index is 1190. The second-order valence-electron chi connectivity index (χ2n) is 6.38. The van der Waals surface area contributed by atoms with E-state index >= 15 is 0 Å². The lowest BCUT2D eigenvalue weighted by Gasteiger charge is -2.10. The second-order valence-corrected chi connectivity index (χ2v) is 9.60. The second kappa shape index (κ2) is 15.3. The topological polar surface area (TPSA) is 97.7 Å². The Balaban J connectivity index is 0.00000258. The number of rotatable bonds is 8. The van der Waals surface area contributed by atoms with Crippen molar-refractivity contribution in [2.75, 3.05) is 6.61 Å². The quantitative estimate of drug-likeness (QED) is 0.317. The number of hydrogen-bond acceptors (Lipinski definition) is 5. The third kappa shape index (κ3) is 9.67. The maximum atomic E-state index is 12.5. The third-order valence-corrected chi connectivity index (χ3v) is 6.40. The lowest BCUT2D eigenvalue weighted by molar-refractivity contribution is 0.329. The Hall–Kier alpha value is -2.68. The molecule has 6 nitrogen and oxygen atoms in total. The fraction of sp³-hybridized carbons (Fsp3) is 0.308. The van der Waals surface area contributed by atoms with E-state index in [1.165, 1.54) is 30.3 Å². The van der Waals surface area contributed by atoms with Gasteiger partial charge in [0, 0.05) is 5.41 Å². The Kier molecular flexibility index (Phi) is 14.1. The number of aryl methyl sites for hydroxylation is 1. The van der Waals surface area contributed by atoms with E-state index < -0.39 is 20.0 Å². The number of allylic oxidation sites excluding steroid dienone is 5. The van der Waals surface area contributed by atoms with Gasteiger partial charge in [-0.05, 0) is 62.2 Å². The summed E-state index contributed by atoms with van der Waals surface area (Å²) >= 11 is 0. The minimum atomic E-state index is -4.50. The molecular weight excluding hydrogens is 472 g/mol. The lowest BCUT2D eigenvalue weighted by Crippen LogP contribution is -2.04. The first-order valence-corrected chi connectivity index (χ1v) is 14.1. The molecule has 0 radical (unpaired) electrons. The van der Waals surface area contributed by atoms with Crippen LogP contribution in [0, 0.1) is 6.92 Å². The van der Waals surface area contributed by atoms with E-state index in [1.54, 1.807) is 50.3 Å². The molecule has 0 aromatic heterocycles. The van der Waals surface area contributed by atoms with Crippen LogP contribution in [0.15, 0.2) is 82.0 Å². The molecule has 0 bridgehead atoms. The fourth-order valence-corrected chi connectivity index (χ4v) is 4.26. The molecule has 1 N–H and O–H groups in total. The molecular formula is C26H36O6S2. The van der Waals surface area contributed by atoms with E-state index in [9.17, 15) is 21.4 Å². The van der Waals surface area contributed by atoms with Gasteiger partial charge in [-0.15, -0.1) is 0 Å². The fourth-order valence-electron chi connectivity index (χ4n) is 2.64. The van der Waals surface area contributed by atoms with E-state index in [2.05, 4.69) is 0 Å². The van der Waals surface area contributed by atoms with Gasteiger partial charge in [0.15, 0.2) is 9.84 Å². The largest absolute Gasteiger partial charge is 0.492 e. The van der Waals surface area contributed by atoms with Crippen molar-refractivity contribution >= 4 is 25.5 Å². The molecule has 0 saturated heterocycles. The van der Waals surface area contributed by atoms with Gasteiger partial charge in [-0.2, -0.15) is 8.42 Å². The molecule has 0 aliphatic rings. The molecule has 0 unspecified atom stereocenters. The molecule has 0 aliphatic carbocycles.